The molecule has 0 unspecified atom stereocenters. The van der Waals surface area contributed by atoms with Crippen molar-refractivity contribution in [1.29, 1.82) is 0 Å². The maximum Gasteiger partial charge on any atom is 0.398 e. The first-order valence-electron chi connectivity index (χ1n) is 9.26. The molecule has 6 nitrogen and oxygen atoms in total. The smallest absolute Gasteiger partial charge is 0.398 e. The topological polar surface area (TPSA) is 87.6 Å². The SMILES string of the molecule is CN(CC/C(=C/N)NN)C(=O)N1CC(c2ccc(C3(C(F)(F)F)CC3)cc2)C1. The second-order valence-electron chi connectivity index (χ2n) is 7.59. The van der Waals surface area contributed by atoms with Gasteiger partial charge in [-0.25, -0.2) is 4.79 Å². The molecule has 1 aliphatic carbocycles. The molecule has 0 bridgehead atoms. The number of hydrazine groups is 1. The highest BCUT2D eigenvalue weighted by molar-refractivity contribution is 5.75. The lowest BCUT2D eigenvalue weighted by Gasteiger charge is -2.41. The molecule has 5 N–H and O–H groups in total. The van der Waals surface area contributed by atoms with Crippen molar-refractivity contribution in [3.05, 3.63) is 47.3 Å². The highest BCUT2D eigenvalue weighted by atomic mass is 19.4. The van der Waals surface area contributed by atoms with Crippen LogP contribution in [0.1, 0.15) is 36.3 Å². The lowest BCUT2D eigenvalue weighted by Crippen LogP contribution is -2.53. The van der Waals surface area contributed by atoms with Gasteiger partial charge in [0.25, 0.3) is 0 Å². The molecular formula is C19H26F3N5O. The van der Waals surface area contributed by atoms with Crippen molar-refractivity contribution < 1.29 is 18.0 Å². The van der Waals surface area contributed by atoms with Gasteiger partial charge in [0.15, 0.2) is 0 Å². The predicted octanol–water partition coefficient (Wildman–Crippen LogP) is 2.39. The van der Waals surface area contributed by atoms with Crippen molar-refractivity contribution >= 4 is 6.03 Å². The number of carbonyl (C=O) groups is 1. The van der Waals surface area contributed by atoms with Crippen molar-refractivity contribution in [2.45, 2.75) is 36.8 Å². The number of nitrogens with zero attached hydrogens (tertiary/aromatic N) is 2. The van der Waals surface area contributed by atoms with Crippen LogP contribution in [0.4, 0.5) is 18.0 Å². The highest BCUT2D eigenvalue weighted by Gasteiger charge is 2.64. The van der Waals surface area contributed by atoms with Crippen LogP contribution in [0.25, 0.3) is 0 Å². The van der Waals surface area contributed by atoms with Gasteiger partial charge in [0.1, 0.15) is 0 Å². The Hall–Kier alpha value is -2.42. The summed E-state index contributed by atoms with van der Waals surface area (Å²) < 4.78 is 39.7. The molecule has 28 heavy (non-hydrogen) atoms. The van der Waals surface area contributed by atoms with Crippen molar-refractivity contribution in [2.24, 2.45) is 11.6 Å². The quantitative estimate of drug-likeness (QED) is 0.508. The molecular weight excluding hydrogens is 371 g/mol. The maximum atomic E-state index is 13.2. The summed E-state index contributed by atoms with van der Waals surface area (Å²) in [7, 11) is 1.71. The van der Waals surface area contributed by atoms with Crippen LogP contribution in [0.2, 0.25) is 0 Å². The number of carbonyl (C=O) groups excluding carboxylic acids is 1. The van der Waals surface area contributed by atoms with E-state index in [0.29, 0.717) is 37.3 Å². The van der Waals surface area contributed by atoms with Crippen LogP contribution in [-0.4, -0.2) is 48.7 Å². The third kappa shape index (κ3) is 3.76. The van der Waals surface area contributed by atoms with E-state index in [-0.39, 0.29) is 24.8 Å². The minimum Gasteiger partial charge on any atom is -0.403 e. The molecule has 0 spiro atoms. The van der Waals surface area contributed by atoms with Crippen molar-refractivity contribution in [1.82, 2.24) is 15.2 Å². The fraction of sp³-hybridized carbons (Fsp3) is 0.526. The number of rotatable bonds is 6. The van der Waals surface area contributed by atoms with E-state index in [1.807, 2.05) is 0 Å². The zero-order valence-electron chi connectivity index (χ0n) is 15.8. The highest BCUT2D eigenvalue weighted by Crippen LogP contribution is 2.58. The van der Waals surface area contributed by atoms with Gasteiger partial charge in [-0.3, -0.25) is 5.84 Å². The molecule has 1 heterocycles. The average Bonchev–Trinajstić information content (AvgIpc) is 3.43. The summed E-state index contributed by atoms with van der Waals surface area (Å²) in [6.45, 7) is 1.59. The Kier molecular flexibility index (Phi) is 5.47. The standard InChI is InChI=1S/C19H26F3N5O/c1-26(9-6-16(10-23)25-24)17(28)27-11-14(12-27)13-2-4-15(5-3-13)18(7-8-18)19(20,21)22/h2-5,10,14,25H,6-9,11-12,23-24H2,1H3/b16-10-. The van der Waals surface area contributed by atoms with E-state index in [9.17, 15) is 18.0 Å². The lowest BCUT2D eigenvalue weighted by molar-refractivity contribution is -0.160. The summed E-state index contributed by atoms with van der Waals surface area (Å²) in [5.74, 6) is 5.47. The number of hydrogen-bond acceptors (Lipinski definition) is 4. The van der Waals surface area contributed by atoms with Crippen LogP contribution < -0.4 is 17.0 Å². The van der Waals surface area contributed by atoms with Gasteiger partial charge in [-0.2, -0.15) is 13.2 Å². The third-order valence-electron chi connectivity index (χ3n) is 5.81. The van der Waals surface area contributed by atoms with Gasteiger partial charge in [-0.15, -0.1) is 0 Å². The monoisotopic (exact) mass is 397 g/mol. The second kappa shape index (κ2) is 7.54. The summed E-state index contributed by atoms with van der Waals surface area (Å²) in [5, 5.41) is 0. The molecule has 0 atom stereocenters. The molecule has 1 aromatic carbocycles. The predicted molar refractivity (Wildman–Crippen MR) is 100.0 cm³/mol. The first-order valence-corrected chi connectivity index (χ1v) is 9.26. The van der Waals surface area contributed by atoms with Crippen LogP contribution in [0.15, 0.2) is 36.2 Å². The molecule has 154 valence electrons. The molecule has 2 fully saturated rings. The van der Waals surface area contributed by atoms with Gasteiger partial charge in [0, 0.05) is 50.9 Å². The van der Waals surface area contributed by atoms with E-state index < -0.39 is 11.6 Å². The van der Waals surface area contributed by atoms with Crippen LogP contribution in [0.3, 0.4) is 0 Å². The fourth-order valence-corrected chi connectivity index (χ4v) is 3.61. The molecule has 9 heteroatoms. The number of benzene rings is 1. The number of alkyl halides is 3. The zero-order valence-corrected chi connectivity index (χ0v) is 15.8. The molecule has 1 aliphatic heterocycles. The van der Waals surface area contributed by atoms with Gasteiger partial charge < -0.3 is 21.0 Å². The van der Waals surface area contributed by atoms with Crippen molar-refractivity contribution in [3.8, 4) is 0 Å². The van der Waals surface area contributed by atoms with Crippen LogP contribution >= 0.6 is 0 Å². The van der Waals surface area contributed by atoms with E-state index in [0.717, 1.165) is 5.56 Å². The van der Waals surface area contributed by atoms with E-state index in [1.165, 1.54) is 6.20 Å². The van der Waals surface area contributed by atoms with E-state index in [2.05, 4.69) is 5.43 Å². The Labute approximate surface area is 162 Å². The number of urea groups is 1. The van der Waals surface area contributed by atoms with Gasteiger partial charge >= 0.3 is 12.2 Å². The molecule has 0 radical (unpaired) electrons. The minimum absolute atomic E-state index is 0.0877. The Morgan fingerprint density at radius 3 is 2.39 bits per heavy atom. The lowest BCUT2D eigenvalue weighted by atomic mass is 9.88. The van der Waals surface area contributed by atoms with Crippen LogP contribution in [0, 0.1) is 0 Å². The van der Waals surface area contributed by atoms with Crippen molar-refractivity contribution in [3.63, 3.8) is 0 Å². The fourth-order valence-electron chi connectivity index (χ4n) is 3.61. The van der Waals surface area contributed by atoms with E-state index in [1.54, 1.807) is 41.1 Å². The maximum absolute atomic E-state index is 13.2. The summed E-state index contributed by atoms with van der Waals surface area (Å²) in [6, 6.07) is 6.63. The zero-order chi connectivity index (χ0) is 20.5. The summed E-state index contributed by atoms with van der Waals surface area (Å²) in [6.07, 6.45) is -1.98. The molecule has 3 rings (SSSR count). The first kappa shape index (κ1) is 20.3. The van der Waals surface area contributed by atoms with Crippen molar-refractivity contribution in [2.75, 3.05) is 26.7 Å². The minimum atomic E-state index is -4.20. The molecule has 1 saturated heterocycles. The Bertz CT molecular complexity index is 737. The Balaban J connectivity index is 1.52. The third-order valence-corrected chi connectivity index (χ3v) is 5.81. The molecule has 1 aromatic rings. The van der Waals surface area contributed by atoms with Gasteiger partial charge in [0.2, 0.25) is 0 Å². The number of amides is 2. The second-order valence-corrected chi connectivity index (χ2v) is 7.59. The number of nitrogens with one attached hydrogen (secondary N) is 1. The number of hydrogen-bond donors (Lipinski definition) is 3. The number of nitrogens with two attached hydrogens (primary N) is 2. The normalized spacial score (nSPS) is 19.2. The summed E-state index contributed by atoms with van der Waals surface area (Å²) in [4.78, 5) is 15.7. The van der Waals surface area contributed by atoms with Gasteiger partial charge in [0.05, 0.1) is 5.41 Å². The summed E-state index contributed by atoms with van der Waals surface area (Å²) in [5.41, 5.74) is 8.19. The number of halogens is 3. The summed E-state index contributed by atoms with van der Waals surface area (Å²) >= 11 is 0. The number of likely N-dealkylation sites (tertiary alicyclic amines) is 1. The van der Waals surface area contributed by atoms with Gasteiger partial charge in [-0.05, 0) is 24.0 Å². The van der Waals surface area contributed by atoms with E-state index in [4.69, 9.17) is 11.6 Å². The van der Waals surface area contributed by atoms with E-state index >= 15 is 0 Å². The molecule has 1 saturated carbocycles. The van der Waals surface area contributed by atoms with Crippen LogP contribution in [0.5, 0.6) is 0 Å². The first-order chi connectivity index (χ1) is 13.2. The average molecular weight is 397 g/mol. The van der Waals surface area contributed by atoms with Crippen LogP contribution in [-0.2, 0) is 5.41 Å². The molecule has 2 amide bonds. The Morgan fingerprint density at radius 2 is 1.93 bits per heavy atom. The Morgan fingerprint density at radius 1 is 1.32 bits per heavy atom. The molecule has 2 aliphatic rings. The largest absolute Gasteiger partial charge is 0.403 e. The van der Waals surface area contributed by atoms with Gasteiger partial charge in [-0.1, -0.05) is 24.3 Å². The molecule has 0 aromatic heterocycles.